The van der Waals surface area contributed by atoms with E-state index in [0.29, 0.717) is 0 Å². The van der Waals surface area contributed by atoms with Crippen molar-refractivity contribution in [2.75, 3.05) is 0 Å². The maximum Gasteiger partial charge on any atom is 0.183 e. The molecule has 15 heavy (non-hydrogen) atoms. The molecule has 0 unspecified atom stereocenters. The molecule has 0 heterocycles. The van der Waals surface area contributed by atoms with E-state index in [4.69, 9.17) is 21.6 Å². The van der Waals surface area contributed by atoms with Crippen molar-refractivity contribution in [2.24, 2.45) is 22.9 Å². The van der Waals surface area contributed by atoms with Crippen LogP contribution in [0.5, 0.6) is 0 Å². The molecule has 0 amide bonds. The van der Waals surface area contributed by atoms with Gasteiger partial charge in [0.1, 0.15) is 0 Å². The molecule has 0 aliphatic heterocycles. The van der Waals surface area contributed by atoms with Crippen LogP contribution in [0.4, 0.5) is 0 Å². The van der Waals surface area contributed by atoms with Gasteiger partial charge in [0.05, 0.1) is 10.3 Å². The van der Waals surface area contributed by atoms with Crippen LogP contribution in [0.15, 0.2) is 0 Å². The van der Waals surface area contributed by atoms with Crippen LogP contribution in [0.25, 0.3) is 0 Å². The molecule has 0 aliphatic carbocycles. The molecule has 0 saturated carbocycles. The lowest BCUT2D eigenvalue weighted by Gasteiger charge is -1.69. The summed E-state index contributed by atoms with van der Waals surface area (Å²) in [6.07, 6.45) is 0. The monoisotopic (exact) mass is 272 g/mol. The Kier molecular flexibility index (Phi) is 76.5. The average Bonchev–Trinajstić information content (AvgIpc) is 1.85. The zero-order chi connectivity index (χ0) is 12.6. The first kappa shape index (κ1) is 29.2. The summed E-state index contributed by atoms with van der Waals surface area (Å²) in [5, 5.41) is 26.8. The van der Waals surface area contributed by atoms with Crippen molar-refractivity contribution < 1.29 is 0 Å². The molecular formula is C4H13ClN8S2. The van der Waals surface area contributed by atoms with Crippen molar-refractivity contribution in [3.8, 4) is 0 Å². The summed E-state index contributed by atoms with van der Waals surface area (Å²) in [5.41, 5.74) is 17.9. The standard InChI is InChI=1S/2CH5N3.2CHNS.ClH/c2*2-1(3)4;2*2-1-3;/h2*(H5,2,3,4);2*2H;1H. The number of hydrogen-bond donors (Lipinski definition) is 8. The fraction of sp³-hybridized carbons (Fsp3) is 0. The van der Waals surface area contributed by atoms with E-state index >= 15 is 0 Å². The van der Waals surface area contributed by atoms with Gasteiger partial charge in [-0.1, -0.05) is 0 Å². The summed E-state index contributed by atoms with van der Waals surface area (Å²) in [6, 6.07) is 0. The van der Waals surface area contributed by atoms with E-state index in [2.05, 4.69) is 47.4 Å². The first-order valence-electron chi connectivity index (χ1n) is 2.56. The van der Waals surface area contributed by atoms with Gasteiger partial charge in [-0.3, -0.25) is 10.8 Å². The Morgan fingerprint density at radius 3 is 0.800 bits per heavy atom. The molecule has 0 saturated heterocycles. The first-order valence-corrected chi connectivity index (χ1v) is 3.38. The van der Waals surface area contributed by atoms with Gasteiger partial charge in [0.2, 0.25) is 0 Å². The normalized spacial score (nSPS) is 4.27. The first-order chi connectivity index (χ1) is 6.29. The molecule has 0 radical (unpaired) electrons. The van der Waals surface area contributed by atoms with Gasteiger partial charge in [0.25, 0.3) is 0 Å². The number of hydrogen-bond acceptors (Lipinski definition) is 6. The lowest BCUT2D eigenvalue weighted by molar-refractivity contribution is 1.38. The molecule has 0 aromatic heterocycles. The summed E-state index contributed by atoms with van der Waals surface area (Å²) < 4.78 is 0. The second kappa shape index (κ2) is 39.3. The molecule has 0 aliphatic rings. The number of guanidine groups is 2. The third-order valence-electron chi connectivity index (χ3n) is 0. The van der Waals surface area contributed by atoms with Crippen molar-refractivity contribution in [1.82, 2.24) is 0 Å². The molecule has 88 valence electrons. The number of nitrogens with one attached hydrogen (secondary N) is 4. The van der Waals surface area contributed by atoms with Gasteiger partial charge in [0.15, 0.2) is 11.9 Å². The minimum atomic E-state index is -0.333. The third kappa shape index (κ3) is 549. The van der Waals surface area contributed by atoms with Crippen molar-refractivity contribution in [3.63, 3.8) is 0 Å². The summed E-state index contributed by atoms with van der Waals surface area (Å²) in [5.74, 6) is -0.667. The molecule has 0 rings (SSSR count). The Morgan fingerprint density at radius 2 is 0.800 bits per heavy atom. The molecule has 0 atom stereocenters. The number of thiocarbonyl (C=S) groups is 2. The highest BCUT2D eigenvalue weighted by Crippen LogP contribution is 1.17. The summed E-state index contributed by atoms with van der Waals surface area (Å²) in [7, 11) is 0. The lowest BCUT2D eigenvalue weighted by Crippen LogP contribution is -2.20. The summed E-state index contributed by atoms with van der Waals surface area (Å²) >= 11 is 7.62. The molecule has 8 nitrogen and oxygen atoms in total. The Morgan fingerprint density at radius 1 is 0.800 bits per heavy atom. The predicted octanol–water partition coefficient (Wildman–Crippen LogP) is -0.565. The van der Waals surface area contributed by atoms with E-state index in [1.54, 1.807) is 10.3 Å². The van der Waals surface area contributed by atoms with Crippen LogP contribution in [-0.2, 0) is 0 Å². The van der Waals surface area contributed by atoms with Gasteiger partial charge in [0, 0.05) is 0 Å². The minimum absolute atomic E-state index is 0. The predicted molar refractivity (Wildman–Crippen MR) is 70.1 cm³/mol. The van der Waals surface area contributed by atoms with Crippen LogP contribution in [0.3, 0.4) is 0 Å². The second-order valence-electron chi connectivity index (χ2n) is 1.11. The molecule has 0 aromatic carbocycles. The Balaban J connectivity index is -0.0000000293. The van der Waals surface area contributed by atoms with Gasteiger partial charge < -0.3 is 22.9 Å². The van der Waals surface area contributed by atoms with E-state index in [9.17, 15) is 0 Å². The number of nitrogens with two attached hydrogens (primary N) is 4. The Labute approximate surface area is 104 Å². The van der Waals surface area contributed by atoms with Crippen LogP contribution in [-0.4, -0.2) is 22.2 Å². The lowest BCUT2D eigenvalue weighted by atomic mass is 11.1. The summed E-state index contributed by atoms with van der Waals surface area (Å²) in [4.78, 5) is 0. The minimum Gasteiger partial charge on any atom is -0.370 e. The maximum absolute atomic E-state index is 6.06. The molecule has 12 N–H and O–H groups in total. The largest absolute Gasteiger partial charge is 0.370 e. The van der Waals surface area contributed by atoms with E-state index in [0.717, 1.165) is 0 Å². The SMILES string of the molecule is Cl.N=C(N)N.N=C(N)N.N=C=S.N=C=S. The van der Waals surface area contributed by atoms with Crippen LogP contribution < -0.4 is 22.9 Å². The highest BCUT2D eigenvalue weighted by atomic mass is 35.5. The van der Waals surface area contributed by atoms with Crippen molar-refractivity contribution >= 4 is 59.1 Å². The Bertz CT molecular complexity index is 185. The smallest absolute Gasteiger partial charge is 0.183 e. The van der Waals surface area contributed by atoms with E-state index < -0.39 is 0 Å². The van der Waals surface area contributed by atoms with Crippen molar-refractivity contribution in [2.45, 2.75) is 0 Å². The van der Waals surface area contributed by atoms with Gasteiger partial charge in [-0.2, -0.15) is 0 Å². The van der Waals surface area contributed by atoms with Gasteiger partial charge >= 0.3 is 0 Å². The highest BCUT2D eigenvalue weighted by molar-refractivity contribution is 7.78. The quantitative estimate of drug-likeness (QED) is 0.165. The fourth-order valence-electron chi connectivity index (χ4n) is 0. The third-order valence-corrected chi connectivity index (χ3v) is 0. The molecular weight excluding hydrogens is 260 g/mol. The fourth-order valence-corrected chi connectivity index (χ4v) is 0. The molecule has 11 heteroatoms. The molecule has 0 bridgehead atoms. The van der Waals surface area contributed by atoms with Gasteiger partial charge in [-0.05, 0) is 24.4 Å². The number of rotatable bonds is 0. The summed E-state index contributed by atoms with van der Waals surface area (Å²) in [6.45, 7) is 0. The zero-order valence-electron chi connectivity index (χ0n) is 7.53. The van der Waals surface area contributed by atoms with Crippen LogP contribution >= 0.6 is 36.8 Å². The molecule has 0 aromatic rings. The molecule has 0 spiro atoms. The second-order valence-corrected chi connectivity index (χ2v) is 1.52. The van der Waals surface area contributed by atoms with Crippen molar-refractivity contribution in [1.29, 1.82) is 21.6 Å². The Hall–Kier alpha value is -1.57. The average molecular weight is 273 g/mol. The van der Waals surface area contributed by atoms with E-state index in [-0.39, 0.29) is 24.3 Å². The highest BCUT2D eigenvalue weighted by Gasteiger charge is 1.52. The van der Waals surface area contributed by atoms with Gasteiger partial charge in [-0.15, -0.1) is 12.4 Å². The topological polar surface area (TPSA) is 199 Å². The van der Waals surface area contributed by atoms with Crippen LogP contribution in [0.1, 0.15) is 0 Å². The van der Waals surface area contributed by atoms with Crippen molar-refractivity contribution in [3.05, 3.63) is 0 Å². The van der Waals surface area contributed by atoms with E-state index in [1.807, 2.05) is 0 Å². The zero-order valence-corrected chi connectivity index (χ0v) is 9.98. The maximum atomic E-state index is 6.06. The number of isothiocyanates is 2. The molecule has 0 fully saturated rings. The van der Waals surface area contributed by atoms with Crippen LogP contribution in [0, 0.1) is 21.6 Å². The number of halogens is 1. The van der Waals surface area contributed by atoms with E-state index in [1.165, 1.54) is 0 Å². The van der Waals surface area contributed by atoms with Gasteiger partial charge in [-0.25, -0.2) is 10.8 Å². The van der Waals surface area contributed by atoms with Crippen LogP contribution in [0.2, 0.25) is 0 Å².